The highest BCUT2D eigenvalue weighted by molar-refractivity contribution is 7.88. The summed E-state index contributed by atoms with van der Waals surface area (Å²) < 4.78 is 24.0. The average Bonchev–Trinajstić information content (AvgIpc) is 2.24. The van der Waals surface area contributed by atoms with Crippen LogP contribution in [0.2, 0.25) is 0 Å². The molecule has 0 aromatic heterocycles. The van der Waals surface area contributed by atoms with Crippen LogP contribution in [0.3, 0.4) is 0 Å². The number of hydrogen-bond donors (Lipinski definition) is 0. The third kappa shape index (κ3) is 5.83. The Bertz CT molecular complexity index is 348. The van der Waals surface area contributed by atoms with Gasteiger partial charge in [0.15, 0.2) is 0 Å². The van der Waals surface area contributed by atoms with Crippen molar-refractivity contribution in [1.82, 2.24) is 9.21 Å². The number of hydrogen-bond acceptors (Lipinski definition) is 3. The molecule has 0 aliphatic carbocycles. The Morgan fingerprint density at radius 3 is 2.18 bits per heavy atom. The van der Waals surface area contributed by atoms with Gasteiger partial charge in [0, 0.05) is 32.6 Å². The summed E-state index contributed by atoms with van der Waals surface area (Å²) in [5.41, 5.74) is 0. The van der Waals surface area contributed by atoms with Gasteiger partial charge in [-0.2, -0.15) is 4.31 Å². The van der Waals surface area contributed by atoms with E-state index in [4.69, 9.17) is 0 Å². The Balaban J connectivity index is 4.41. The lowest BCUT2D eigenvalue weighted by atomic mass is 10.3. The summed E-state index contributed by atoms with van der Waals surface area (Å²) in [6.07, 6.45) is 2.86. The summed E-state index contributed by atoms with van der Waals surface area (Å²) in [6, 6.07) is 0. The SMILES string of the molecule is C=CCN(CCC(=O)N(CC)CC)S(C)(=O)=O. The molecule has 0 aliphatic rings. The molecule has 0 atom stereocenters. The zero-order valence-electron chi connectivity index (χ0n) is 10.8. The van der Waals surface area contributed by atoms with Crippen molar-refractivity contribution in [2.75, 3.05) is 32.4 Å². The molecule has 0 aliphatic heterocycles. The van der Waals surface area contributed by atoms with Gasteiger partial charge in [0.25, 0.3) is 0 Å². The molecule has 0 aromatic carbocycles. The van der Waals surface area contributed by atoms with Gasteiger partial charge >= 0.3 is 0 Å². The van der Waals surface area contributed by atoms with Crippen LogP contribution in [-0.2, 0) is 14.8 Å². The van der Waals surface area contributed by atoms with Gasteiger partial charge in [0.1, 0.15) is 0 Å². The number of carbonyl (C=O) groups is 1. The minimum atomic E-state index is -3.27. The van der Waals surface area contributed by atoms with Gasteiger partial charge in [0.2, 0.25) is 15.9 Å². The maximum absolute atomic E-state index is 11.7. The Morgan fingerprint density at radius 2 is 1.82 bits per heavy atom. The molecule has 0 saturated carbocycles. The number of carbonyl (C=O) groups excluding carboxylic acids is 1. The molecule has 0 bridgehead atoms. The molecule has 17 heavy (non-hydrogen) atoms. The zero-order valence-corrected chi connectivity index (χ0v) is 11.7. The van der Waals surface area contributed by atoms with Crippen LogP contribution < -0.4 is 0 Å². The van der Waals surface area contributed by atoms with Crippen molar-refractivity contribution >= 4 is 15.9 Å². The smallest absolute Gasteiger partial charge is 0.223 e. The Hall–Kier alpha value is -0.880. The lowest BCUT2D eigenvalue weighted by Crippen LogP contribution is -2.36. The van der Waals surface area contributed by atoms with Crippen LogP contribution in [-0.4, -0.2) is 56.0 Å². The normalized spacial score (nSPS) is 11.5. The summed E-state index contributed by atoms with van der Waals surface area (Å²) >= 11 is 0. The van der Waals surface area contributed by atoms with Crippen molar-refractivity contribution in [3.63, 3.8) is 0 Å². The van der Waals surface area contributed by atoms with Crippen molar-refractivity contribution in [3.05, 3.63) is 12.7 Å². The Kier molecular flexibility index (Phi) is 7.06. The summed E-state index contributed by atoms with van der Waals surface area (Å²) in [5.74, 6) is -0.0206. The standard InChI is InChI=1S/C11H22N2O3S/c1-5-9-13(17(4,15)16)10-8-11(14)12(6-2)7-3/h5H,1,6-10H2,2-4H3. The predicted octanol–water partition coefficient (Wildman–Crippen LogP) is 0.692. The molecule has 0 N–H and O–H groups in total. The monoisotopic (exact) mass is 262 g/mol. The minimum absolute atomic E-state index is 0.0206. The maximum atomic E-state index is 11.7. The molecule has 0 fully saturated rings. The van der Waals surface area contributed by atoms with Gasteiger partial charge in [0.05, 0.1) is 6.26 Å². The van der Waals surface area contributed by atoms with Crippen molar-refractivity contribution in [1.29, 1.82) is 0 Å². The fourth-order valence-corrected chi connectivity index (χ4v) is 2.29. The van der Waals surface area contributed by atoms with E-state index in [0.29, 0.717) is 13.1 Å². The van der Waals surface area contributed by atoms with Gasteiger partial charge in [-0.15, -0.1) is 6.58 Å². The number of rotatable bonds is 8. The quantitative estimate of drug-likeness (QED) is 0.605. The first-order valence-corrected chi connectivity index (χ1v) is 7.55. The highest BCUT2D eigenvalue weighted by Gasteiger charge is 2.17. The molecular formula is C11H22N2O3S. The van der Waals surface area contributed by atoms with E-state index in [1.165, 1.54) is 10.4 Å². The Labute approximate surface area is 104 Å². The van der Waals surface area contributed by atoms with E-state index in [1.807, 2.05) is 13.8 Å². The van der Waals surface area contributed by atoms with Gasteiger partial charge in [-0.1, -0.05) is 6.08 Å². The zero-order chi connectivity index (χ0) is 13.5. The van der Waals surface area contributed by atoms with Crippen molar-refractivity contribution in [2.24, 2.45) is 0 Å². The lowest BCUT2D eigenvalue weighted by Gasteiger charge is -2.22. The van der Waals surface area contributed by atoms with E-state index in [-0.39, 0.29) is 25.4 Å². The van der Waals surface area contributed by atoms with E-state index in [1.54, 1.807) is 4.90 Å². The van der Waals surface area contributed by atoms with Gasteiger partial charge in [-0.05, 0) is 13.8 Å². The van der Waals surface area contributed by atoms with E-state index in [2.05, 4.69) is 6.58 Å². The maximum Gasteiger partial charge on any atom is 0.223 e. The first-order valence-electron chi connectivity index (χ1n) is 5.70. The van der Waals surface area contributed by atoms with Crippen LogP contribution in [0.15, 0.2) is 12.7 Å². The van der Waals surface area contributed by atoms with Crippen LogP contribution in [0.1, 0.15) is 20.3 Å². The van der Waals surface area contributed by atoms with Gasteiger partial charge in [-0.3, -0.25) is 4.79 Å². The molecule has 0 saturated heterocycles. The van der Waals surface area contributed by atoms with Crippen LogP contribution in [0.5, 0.6) is 0 Å². The molecule has 0 radical (unpaired) electrons. The fourth-order valence-electron chi connectivity index (χ4n) is 1.49. The number of sulfonamides is 1. The summed E-state index contributed by atoms with van der Waals surface area (Å²) in [4.78, 5) is 13.4. The molecule has 100 valence electrons. The van der Waals surface area contributed by atoms with Gasteiger partial charge < -0.3 is 4.90 Å². The molecule has 0 unspecified atom stereocenters. The van der Waals surface area contributed by atoms with E-state index in [0.717, 1.165) is 6.26 Å². The highest BCUT2D eigenvalue weighted by atomic mass is 32.2. The van der Waals surface area contributed by atoms with Crippen molar-refractivity contribution in [3.8, 4) is 0 Å². The molecule has 0 rings (SSSR count). The molecule has 5 nitrogen and oxygen atoms in total. The number of nitrogens with zero attached hydrogens (tertiary/aromatic N) is 2. The van der Waals surface area contributed by atoms with Gasteiger partial charge in [-0.25, -0.2) is 8.42 Å². The van der Waals surface area contributed by atoms with E-state index in [9.17, 15) is 13.2 Å². The molecule has 0 heterocycles. The van der Waals surface area contributed by atoms with E-state index >= 15 is 0 Å². The van der Waals surface area contributed by atoms with Crippen molar-refractivity contribution in [2.45, 2.75) is 20.3 Å². The average molecular weight is 262 g/mol. The first-order chi connectivity index (χ1) is 7.86. The molecule has 6 heteroatoms. The van der Waals surface area contributed by atoms with Crippen LogP contribution in [0.25, 0.3) is 0 Å². The largest absolute Gasteiger partial charge is 0.343 e. The van der Waals surface area contributed by atoms with Crippen LogP contribution in [0.4, 0.5) is 0 Å². The van der Waals surface area contributed by atoms with Crippen LogP contribution in [0, 0.1) is 0 Å². The van der Waals surface area contributed by atoms with Crippen molar-refractivity contribution < 1.29 is 13.2 Å². The Morgan fingerprint density at radius 1 is 1.29 bits per heavy atom. The summed E-state index contributed by atoms with van der Waals surface area (Å²) in [6.45, 7) is 9.06. The minimum Gasteiger partial charge on any atom is -0.343 e. The second-order valence-corrected chi connectivity index (χ2v) is 5.71. The third-order valence-electron chi connectivity index (χ3n) is 2.49. The van der Waals surface area contributed by atoms with E-state index < -0.39 is 10.0 Å². The summed E-state index contributed by atoms with van der Waals surface area (Å²) in [5, 5.41) is 0. The second kappa shape index (κ2) is 7.45. The number of amides is 1. The first kappa shape index (κ1) is 16.1. The van der Waals surface area contributed by atoms with Crippen LogP contribution >= 0.6 is 0 Å². The highest BCUT2D eigenvalue weighted by Crippen LogP contribution is 2.02. The lowest BCUT2D eigenvalue weighted by molar-refractivity contribution is -0.130. The molecule has 0 aromatic rings. The predicted molar refractivity (Wildman–Crippen MR) is 69.2 cm³/mol. The topological polar surface area (TPSA) is 57.7 Å². The summed E-state index contributed by atoms with van der Waals surface area (Å²) in [7, 11) is -3.27. The fraction of sp³-hybridized carbons (Fsp3) is 0.727. The molecular weight excluding hydrogens is 240 g/mol. The molecule has 0 spiro atoms. The second-order valence-electron chi connectivity index (χ2n) is 3.73. The third-order valence-corrected chi connectivity index (χ3v) is 3.76. The molecule has 1 amide bonds.